The van der Waals surface area contributed by atoms with Crippen molar-refractivity contribution in [2.24, 2.45) is 0 Å². The number of H-pyrrole nitrogens is 1. The number of non-ortho nitro benzene ring substituents is 1. The monoisotopic (exact) mass is 390 g/mol. The van der Waals surface area contributed by atoms with E-state index in [1.165, 1.54) is 28.8 Å². The summed E-state index contributed by atoms with van der Waals surface area (Å²) in [5, 5.41) is 17.9. The zero-order valence-electron chi connectivity index (χ0n) is 15.1. The summed E-state index contributed by atoms with van der Waals surface area (Å²) in [4.78, 5) is 41.8. The van der Waals surface area contributed by atoms with Crippen molar-refractivity contribution in [3.8, 4) is 11.4 Å². The molecule has 2 heterocycles. The largest absolute Gasteiger partial charge is 0.306 e. The lowest BCUT2D eigenvalue weighted by atomic mass is 10.1. The highest BCUT2D eigenvalue weighted by Crippen LogP contribution is 2.21. The SMILES string of the molecule is Cc1ccccc1-c1nc2[nH]c(=O)cc(NC(=O)c3cccc([N+](=O)[O-])c3)n2n1. The van der Waals surface area contributed by atoms with Gasteiger partial charge >= 0.3 is 0 Å². The van der Waals surface area contributed by atoms with E-state index >= 15 is 0 Å². The second kappa shape index (κ2) is 7.00. The first-order chi connectivity index (χ1) is 13.9. The minimum Gasteiger partial charge on any atom is -0.306 e. The van der Waals surface area contributed by atoms with E-state index < -0.39 is 16.4 Å². The van der Waals surface area contributed by atoms with E-state index in [0.717, 1.165) is 17.2 Å². The zero-order valence-corrected chi connectivity index (χ0v) is 15.1. The van der Waals surface area contributed by atoms with Gasteiger partial charge in [-0.05, 0) is 18.6 Å². The number of rotatable bonds is 4. The number of aromatic amines is 1. The molecule has 0 fully saturated rings. The molecule has 0 aliphatic heterocycles. The van der Waals surface area contributed by atoms with Crippen molar-refractivity contribution < 1.29 is 9.72 Å². The zero-order chi connectivity index (χ0) is 20.5. The van der Waals surface area contributed by atoms with Crippen molar-refractivity contribution in [2.75, 3.05) is 5.32 Å². The van der Waals surface area contributed by atoms with Gasteiger partial charge in [0.15, 0.2) is 5.82 Å². The number of nitrogens with one attached hydrogen (secondary N) is 2. The Balaban J connectivity index is 1.75. The second-order valence-corrected chi connectivity index (χ2v) is 6.27. The number of carbonyl (C=O) groups is 1. The van der Waals surface area contributed by atoms with Crippen LogP contribution in [0.3, 0.4) is 0 Å². The van der Waals surface area contributed by atoms with Gasteiger partial charge in [-0.15, -0.1) is 5.10 Å². The first-order valence-corrected chi connectivity index (χ1v) is 8.54. The molecule has 0 unspecified atom stereocenters. The quantitative estimate of drug-likeness (QED) is 0.406. The van der Waals surface area contributed by atoms with Gasteiger partial charge in [0.25, 0.3) is 17.2 Å². The van der Waals surface area contributed by atoms with E-state index in [1.54, 1.807) is 0 Å². The third-order valence-electron chi connectivity index (χ3n) is 4.28. The molecule has 0 radical (unpaired) electrons. The minimum atomic E-state index is -0.617. The maximum absolute atomic E-state index is 12.6. The number of amides is 1. The summed E-state index contributed by atoms with van der Waals surface area (Å²) in [5.74, 6) is 0.0158. The van der Waals surface area contributed by atoms with Crippen molar-refractivity contribution in [1.29, 1.82) is 0 Å². The number of nitro benzene ring substituents is 1. The molecule has 2 aromatic heterocycles. The maximum Gasteiger partial charge on any atom is 0.270 e. The number of nitro groups is 1. The topological polar surface area (TPSA) is 135 Å². The van der Waals surface area contributed by atoms with Gasteiger partial charge in [-0.3, -0.25) is 24.7 Å². The standard InChI is InChI=1S/C19H14N6O4/c1-11-5-2-3-8-14(11)17-22-19-21-16(26)10-15(24(19)23-17)20-18(27)12-6-4-7-13(9-12)25(28)29/h2-10H,1H3,(H,20,27)(H,21,22,23,26). The number of hydrogen-bond donors (Lipinski definition) is 2. The Morgan fingerprint density at radius 1 is 1.17 bits per heavy atom. The van der Waals surface area contributed by atoms with Crippen molar-refractivity contribution in [1.82, 2.24) is 19.6 Å². The van der Waals surface area contributed by atoms with Crippen molar-refractivity contribution >= 4 is 23.2 Å². The molecule has 4 rings (SSSR count). The highest BCUT2D eigenvalue weighted by atomic mass is 16.6. The lowest BCUT2D eigenvalue weighted by molar-refractivity contribution is -0.384. The van der Waals surface area contributed by atoms with E-state index in [0.29, 0.717) is 5.82 Å². The van der Waals surface area contributed by atoms with Gasteiger partial charge in [-0.2, -0.15) is 9.50 Å². The Bertz CT molecular complexity index is 1320. The summed E-state index contributed by atoms with van der Waals surface area (Å²) < 4.78 is 1.30. The van der Waals surface area contributed by atoms with E-state index in [4.69, 9.17) is 0 Å². The number of hydrogen-bond acceptors (Lipinski definition) is 6. The molecule has 144 valence electrons. The molecule has 0 bridgehead atoms. The summed E-state index contributed by atoms with van der Waals surface area (Å²) in [5.41, 5.74) is 1.12. The van der Waals surface area contributed by atoms with Crippen LogP contribution in [0.2, 0.25) is 0 Å². The fourth-order valence-corrected chi connectivity index (χ4v) is 2.87. The summed E-state index contributed by atoms with van der Waals surface area (Å²) in [6, 6.07) is 14.0. The second-order valence-electron chi connectivity index (χ2n) is 6.27. The van der Waals surface area contributed by atoms with Gasteiger partial charge in [-0.1, -0.05) is 30.3 Å². The number of carbonyl (C=O) groups excluding carboxylic acids is 1. The summed E-state index contributed by atoms with van der Waals surface area (Å²) >= 11 is 0. The Morgan fingerprint density at radius 2 is 1.97 bits per heavy atom. The van der Waals surface area contributed by atoms with Crippen LogP contribution in [0.25, 0.3) is 17.2 Å². The average Bonchev–Trinajstić information content (AvgIpc) is 3.12. The molecule has 10 nitrogen and oxygen atoms in total. The number of benzene rings is 2. The molecule has 10 heteroatoms. The molecule has 2 N–H and O–H groups in total. The van der Waals surface area contributed by atoms with Crippen LogP contribution in [0.5, 0.6) is 0 Å². The lowest BCUT2D eigenvalue weighted by Crippen LogP contribution is -2.18. The van der Waals surface area contributed by atoms with Crippen LogP contribution in [-0.4, -0.2) is 30.4 Å². The fraction of sp³-hybridized carbons (Fsp3) is 0.0526. The highest BCUT2D eigenvalue weighted by Gasteiger charge is 2.16. The molecule has 29 heavy (non-hydrogen) atoms. The molecule has 0 spiro atoms. The summed E-state index contributed by atoms with van der Waals surface area (Å²) in [7, 11) is 0. The molecular formula is C19H14N6O4. The first-order valence-electron chi connectivity index (χ1n) is 8.54. The smallest absolute Gasteiger partial charge is 0.270 e. The van der Waals surface area contributed by atoms with Gasteiger partial charge in [0.2, 0.25) is 5.78 Å². The van der Waals surface area contributed by atoms with Crippen LogP contribution in [-0.2, 0) is 0 Å². The Labute approximate surface area is 163 Å². The Morgan fingerprint density at radius 3 is 2.72 bits per heavy atom. The van der Waals surface area contributed by atoms with Crippen LogP contribution in [0.15, 0.2) is 59.4 Å². The van der Waals surface area contributed by atoms with Crippen LogP contribution in [0, 0.1) is 17.0 Å². The third-order valence-corrected chi connectivity index (χ3v) is 4.28. The first kappa shape index (κ1) is 18.0. The Hall–Kier alpha value is -4.34. The molecule has 0 saturated carbocycles. The Kier molecular flexibility index (Phi) is 4.36. The highest BCUT2D eigenvalue weighted by molar-refractivity contribution is 6.04. The molecule has 1 amide bonds. The van der Waals surface area contributed by atoms with Crippen LogP contribution >= 0.6 is 0 Å². The third kappa shape index (κ3) is 3.46. The normalized spacial score (nSPS) is 10.8. The molecular weight excluding hydrogens is 376 g/mol. The molecule has 0 saturated heterocycles. The molecule has 0 aliphatic rings. The van der Waals surface area contributed by atoms with E-state index in [1.807, 2.05) is 31.2 Å². The summed E-state index contributed by atoms with van der Waals surface area (Å²) in [6.45, 7) is 1.91. The molecule has 4 aromatic rings. The van der Waals surface area contributed by atoms with E-state index in [-0.39, 0.29) is 22.8 Å². The number of aryl methyl sites for hydroxylation is 1. The number of anilines is 1. The predicted octanol–water partition coefficient (Wildman–Crippen LogP) is 2.55. The number of fused-ring (bicyclic) bond motifs is 1. The number of nitrogens with zero attached hydrogens (tertiary/aromatic N) is 4. The maximum atomic E-state index is 12.6. The van der Waals surface area contributed by atoms with Crippen LogP contribution in [0.1, 0.15) is 15.9 Å². The van der Waals surface area contributed by atoms with Gasteiger partial charge < -0.3 is 5.32 Å². The average molecular weight is 390 g/mol. The number of aromatic nitrogens is 4. The van der Waals surface area contributed by atoms with E-state index in [9.17, 15) is 19.7 Å². The van der Waals surface area contributed by atoms with Gasteiger partial charge in [0.1, 0.15) is 5.82 Å². The fourth-order valence-electron chi connectivity index (χ4n) is 2.87. The van der Waals surface area contributed by atoms with Crippen molar-refractivity contribution in [3.05, 3.63) is 86.2 Å². The predicted molar refractivity (Wildman–Crippen MR) is 105 cm³/mol. The van der Waals surface area contributed by atoms with Gasteiger partial charge in [0.05, 0.1) is 4.92 Å². The van der Waals surface area contributed by atoms with Crippen LogP contribution < -0.4 is 10.9 Å². The molecule has 0 atom stereocenters. The minimum absolute atomic E-state index is 0.0758. The molecule has 0 aliphatic carbocycles. The van der Waals surface area contributed by atoms with Crippen molar-refractivity contribution in [2.45, 2.75) is 6.92 Å². The van der Waals surface area contributed by atoms with Gasteiger partial charge in [-0.25, -0.2) is 0 Å². The van der Waals surface area contributed by atoms with Crippen LogP contribution in [0.4, 0.5) is 11.5 Å². The summed E-state index contributed by atoms with van der Waals surface area (Å²) in [6.07, 6.45) is 0. The van der Waals surface area contributed by atoms with Gasteiger partial charge in [0, 0.05) is 29.3 Å². The van der Waals surface area contributed by atoms with Crippen molar-refractivity contribution in [3.63, 3.8) is 0 Å². The lowest BCUT2D eigenvalue weighted by Gasteiger charge is -2.06. The molecule has 2 aromatic carbocycles. The van der Waals surface area contributed by atoms with E-state index in [2.05, 4.69) is 20.4 Å².